The number of nitrogens with one attached hydrogen (secondary N) is 1. The second-order valence-corrected chi connectivity index (χ2v) is 4.67. The van der Waals surface area contributed by atoms with E-state index in [4.69, 9.17) is 5.53 Å². The van der Waals surface area contributed by atoms with Crippen molar-refractivity contribution < 1.29 is 0 Å². The van der Waals surface area contributed by atoms with Crippen molar-refractivity contribution >= 4 is 0 Å². The van der Waals surface area contributed by atoms with E-state index in [-0.39, 0.29) is 0 Å². The Bertz CT molecular complexity index is 219. The maximum Gasteiger partial charge on any atom is 0.0257 e. The van der Waals surface area contributed by atoms with Crippen LogP contribution in [0.1, 0.15) is 38.5 Å². The zero-order valence-corrected chi connectivity index (χ0v) is 10.8. The zero-order chi connectivity index (χ0) is 12.2. The molecule has 17 heavy (non-hydrogen) atoms. The van der Waals surface area contributed by atoms with Crippen LogP contribution in [0.5, 0.6) is 0 Å². The van der Waals surface area contributed by atoms with Crippen LogP contribution in [0.4, 0.5) is 0 Å². The van der Waals surface area contributed by atoms with Crippen molar-refractivity contribution in [2.45, 2.75) is 38.5 Å². The van der Waals surface area contributed by atoms with Crippen LogP contribution in [0.3, 0.4) is 0 Å². The molecule has 0 radical (unpaired) electrons. The lowest BCUT2D eigenvalue weighted by atomic mass is 10.1. The molecule has 0 saturated carbocycles. The number of unbranched alkanes of at least 4 members (excludes halogenated alkanes) is 5. The highest BCUT2D eigenvalue weighted by molar-refractivity contribution is 4.67. The summed E-state index contributed by atoms with van der Waals surface area (Å²) in [6.07, 6.45) is 7.52. The summed E-state index contributed by atoms with van der Waals surface area (Å²) < 4.78 is 0. The summed E-state index contributed by atoms with van der Waals surface area (Å²) in [5, 5.41) is 6.91. The first-order valence-electron chi connectivity index (χ1n) is 6.87. The molecule has 1 aliphatic heterocycles. The summed E-state index contributed by atoms with van der Waals surface area (Å²) in [4.78, 5) is 5.30. The van der Waals surface area contributed by atoms with E-state index >= 15 is 0 Å². The predicted molar refractivity (Wildman–Crippen MR) is 71.0 cm³/mol. The number of piperazine rings is 1. The van der Waals surface area contributed by atoms with Gasteiger partial charge in [-0.2, -0.15) is 0 Å². The number of hydrogen-bond donors (Lipinski definition) is 1. The van der Waals surface area contributed by atoms with Crippen LogP contribution >= 0.6 is 0 Å². The lowest BCUT2D eigenvalue weighted by molar-refractivity contribution is 0.236. The van der Waals surface area contributed by atoms with Crippen molar-refractivity contribution in [2.75, 3.05) is 39.3 Å². The molecule has 0 aromatic carbocycles. The van der Waals surface area contributed by atoms with Gasteiger partial charge in [0.25, 0.3) is 0 Å². The Morgan fingerprint density at radius 3 is 2.35 bits per heavy atom. The fourth-order valence-corrected chi connectivity index (χ4v) is 2.20. The van der Waals surface area contributed by atoms with Gasteiger partial charge >= 0.3 is 0 Å². The summed E-state index contributed by atoms with van der Waals surface area (Å²) in [6.45, 7) is 6.66. The van der Waals surface area contributed by atoms with Gasteiger partial charge in [-0.25, -0.2) is 0 Å². The van der Waals surface area contributed by atoms with Crippen LogP contribution in [-0.4, -0.2) is 44.2 Å². The van der Waals surface area contributed by atoms with Gasteiger partial charge in [-0.15, -0.1) is 0 Å². The second-order valence-electron chi connectivity index (χ2n) is 4.67. The molecular formula is C12H25N5. The van der Waals surface area contributed by atoms with Crippen molar-refractivity contribution in [1.82, 2.24) is 10.2 Å². The third kappa shape index (κ3) is 8.02. The monoisotopic (exact) mass is 239 g/mol. The van der Waals surface area contributed by atoms with E-state index in [1.54, 1.807) is 0 Å². The molecule has 0 unspecified atom stereocenters. The Labute approximate surface area is 104 Å². The van der Waals surface area contributed by atoms with E-state index in [9.17, 15) is 0 Å². The normalized spacial score (nSPS) is 16.7. The molecule has 0 atom stereocenters. The second kappa shape index (κ2) is 10.4. The molecule has 0 bridgehead atoms. The van der Waals surface area contributed by atoms with Gasteiger partial charge in [-0.1, -0.05) is 30.8 Å². The van der Waals surface area contributed by atoms with Gasteiger partial charge in [0.2, 0.25) is 0 Å². The summed E-state index contributed by atoms with van der Waals surface area (Å²) in [5.74, 6) is 0. The fourth-order valence-electron chi connectivity index (χ4n) is 2.20. The van der Waals surface area contributed by atoms with Gasteiger partial charge in [-0.3, -0.25) is 0 Å². The quantitative estimate of drug-likeness (QED) is 0.291. The Balaban J connectivity index is 1.79. The molecule has 0 aliphatic carbocycles. The molecule has 98 valence electrons. The lowest BCUT2D eigenvalue weighted by Crippen LogP contribution is -2.43. The maximum atomic E-state index is 8.11. The highest BCUT2D eigenvalue weighted by Crippen LogP contribution is 2.06. The first-order chi connectivity index (χ1) is 8.43. The fraction of sp³-hybridized carbons (Fsp3) is 1.00. The summed E-state index contributed by atoms with van der Waals surface area (Å²) >= 11 is 0. The number of nitrogens with zero attached hydrogens (tertiary/aromatic N) is 4. The van der Waals surface area contributed by atoms with Gasteiger partial charge < -0.3 is 10.2 Å². The largest absolute Gasteiger partial charge is 0.314 e. The Hall–Kier alpha value is -0.770. The number of hydrogen-bond acceptors (Lipinski definition) is 3. The van der Waals surface area contributed by atoms with Gasteiger partial charge in [-0.05, 0) is 24.9 Å². The van der Waals surface area contributed by atoms with Crippen LogP contribution in [0, 0.1) is 0 Å². The van der Waals surface area contributed by atoms with E-state index in [2.05, 4.69) is 20.2 Å². The van der Waals surface area contributed by atoms with E-state index in [1.807, 2.05) is 0 Å². The molecule has 5 nitrogen and oxygen atoms in total. The first kappa shape index (κ1) is 14.3. The highest BCUT2D eigenvalue weighted by Gasteiger charge is 2.07. The van der Waals surface area contributed by atoms with Crippen LogP contribution in [-0.2, 0) is 0 Å². The minimum Gasteiger partial charge on any atom is -0.314 e. The number of rotatable bonds is 9. The van der Waals surface area contributed by atoms with E-state index in [0.717, 1.165) is 19.5 Å². The Kier molecular flexibility index (Phi) is 8.73. The molecule has 1 N–H and O–H groups in total. The van der Waals surface area contributed by atoms with Crippen molar-refractivity contribution in [3.63, 3.8) is 0 Å². The summed E-state index contributed by atoms with van der Waals surface area (Å²) in [5.41, 5.74) is 8.11. The lowest BCUT2D eigenvalue weighted by Gasteiger charge is -2.26. The molecule has 1 rings (SSSR count). The SMILES string of the molecule is [N-]=[N+]=NCCCCCCCCN1CCNCC1. The minimum atomic E-state index is 0.664. The van der Waals surface area contributed by atoms with Gasteiger partial charge in [0.05, 0.1) is 0 Å². The molecule has 5 heteroatoms. The Morgan fingerprint density at radius 1 is 1.00 bits per heavy atom. The standard InChI is InChI=1S/C12H25N5/c13-16-15-7-5-3-1-2-4-6-10-17-11-8-14-9-12-17/h14H,1-12H2. The molecule has 0 aromatic rings. The molecule has 1 heterocycles. The topological polar surface area (TPSA) is 64.0 Å². The average molecular weight is 239 g/mol. The first-order valence-corrected chi connectivity index (χ1v) is 6.87. The number of azide groups is 1. The van der Waals surface area contributed by atoms with Crippen LogP contribution in [0.15, 0.2) is 5.11 Å². The highest BCUT2D eigenvalue weighted by atomic mass is 15.2. The third-order valence-corrected chi connectivity index (χ3v) is 3.26. The van der Waals surface area contributed by atoms with Crippen molar-refractivity contribution in [3.05, 3.63) is 10.4 Å². The minimum absolute atomic E-state index is 0.664. The predicted octanol–water partition coefficient (Wildman–Crippen LogP) is 2.54. The average Bonchev–Trinajstić information content (AvgIpc) is 2.38. The molecule has 0 amide bonds. The van der Waals surface area contributed by atoms with E-state index < -0.39 is 0 Å². The van der Waals surface area contributed by atoms with Crippen LogP contribution < -0.4 is 5.32 Å². The van der Waals surface area contributed by atoms with Crippen molar-refractivity contribution in [2.24, 2.45) is 5.11 Å². The molecule has 0 aromatic heterocycles. The molecule has 0 spiro atoms. The zero-order valence-electron chi connectivity index (χ0n) is 10.8. The van der Waals surface area contributed by atoms with Gasteiger partial charge in [0, 0.05) is 37.6 Å². The van der Waals surface area contributed by atoms with Crippen molar-refractivity contribution in [1.29, 1.82) is 0 Å². The molecular weight excluding hydrogens is 214 g/mol. The van der Waals surface area contributed by atoms with Gasteiger partial charge in [0.1, 0.15) is 0 Å². The molecule has 1 saturated heterocycles. The van der Waals surface area contributed by atoms with Crippen molar-refractivity contribution in [3.8, 4) is 0 Å². The smallest absolute Gasteiger partial charge is 0.0257 e. The van der Waals surface area contributed by atoms with E-state index in [0.29, 0.717) is 6.54 Å². The van der Waals surface area contributed by atoms with Crippen LogP contribution in [0.2, 0.25) is 0 Å². The molecule has 1 fully saturated rings. The van der Waals surface area contributed by atoms with Crippen LogP contribution in [0.25, 0.3) is 10.4 Å². The molecule has 1 aliphatic rings. The maximum absolute atomic E-state index is 8.11. The van der Waals surface area contributed by atoms with Gasteiger partial charge in [0.15, 0.2) is 0 Å². The Morgan fingerprint density at radius 2 is 1.65 bits per heavy atom. The third-order valence-electron chi connectivity index (χ3n) is 3.26. The summed E-state index contributed by atoms with van der Waals surface area (Å²) in [6, 6.07) is 0. The summed E-state index contributed by atoms with van der Waals surface area (Å²) in [7, 11) is 0. The van der Waals surface area contributed by atoms with E-state index in [1.165, 1.54) is 51.7 Å².